The summed E-state index contributed by atoms with van der Waals surface area (Å²) in [5.74, 6) is 0. The van der Waals surface area contributed by atoms with Crippen molar-refractivity contribution in [1.29, 1.82) is 0 Å². The van der Waals surface area contributed by atoms with E-state index in [4.69, 9.17) is 11.8 Å². The van der Waals surface area contributed by atoms with Crippen LogP contribution in [0.1, 0.15) is 13.8 Å². The molecule has 0 radical (unpaired) electrons. The molecular weight excluding hydrogens is 131 g/mol. The summed E-state index contributed by atoms with van der Waals surface area (Å²) in [5.41, 5.74) is 0. The molecule has 0 aliphatic rings. The van der Waals surface area contributed by atoms with Crippen molar-refractivity contribution in [1.82, 2.24) is 4.53 Å². The minimum atomic E-state index is -0.660. The van der Waals surface area contributed by atoms with Crippen molar-refractivity contribution in [2.45, 2.75) is 19.9 Å². The third kappa shape index (κ3) is 1.97. The van der Waals surface area contributed by atoms with Gasteiger partial charge in [0, 0.05) is 0 Å². The highest BCUT2D eigenvalue weighted by Crippen LogP contribution is 1.99. The quantitative estimate of drug-likeness (QED) is 0.326. The summed E-state index contributed by atoms with van der Waals surface area (Å²) in [6, 6.07) is -0.258. The summed E-state index contributed by atoms with van der Waals surface area (Å²) in [6.07, 6.45) is 0. The monoisotopic (exact) mass is 138 g/mol. The van der Waals surface area contributed by atoms with Crippen LogP contribution >= 0.6 is 11.8 Å². The number of rotatable bonds is 2. The smallest absolute Gasteiger partial charge is 0.176 e. The number of hydrogen-bond acceptors (Lipinski definition) is 2. The second kappa shape index (κ2) is 2.71. The second-order valence-electron chi connectivity index (χ2n) is 1.62. The Labute approximate surface area is 52.3 Å². The van der Waals surface area contributed by atoms with E-state index in [9.17, 15) is 10.1 Å². The van der Waals surface area contributed by atoms with Gasteiger partial charge in [0.15, 0.2) is 5.03 Å². The minimum Gasteiger partial charge on any atom is -0.234 e. The van der Waals surface area contributed by atoms with Crippen LogP contribution in [0.3, 0.4) is 0 Å². The Morgan fingerprint density at radius 3 is 2.12 bits per heavy atom. The highest BCUT2D eigenvalue weighted by molar-refractivity contribution is 6.12. The fourth-order valence-electron chi connectivity index (χ4n) is 0.189. The predicted molar refractivity (Wildman–Crippen MR) is 29.8 cm³/mol. The number of nitro groups is 1. The van der Waals surface area contributed by atoms with E-state index in [1.165, 1.54) is 0 Å². The summed E-state index contributed by atoms with van der Waals surface area (Å²) in [7, 11) is 0. The van der Waals surface area contributed by atoms with Crippen LogP contribution in [-0.4, -0.2) is 15.6 Å². The largest absolute Gasteiger partial charge is 0.234 e. The molecule has 8 heavy (non-hydrogen) atoms. The zero-order valence-corrected chi connectivity index (χ0v) is 5.42. The molecule has 0 atom stereocenters. The molecule has 0 heterocycles. The lowest BCUT2D eigenvalue weighted by Gasteiger charge is -2.06. The Kier molecular flexibility index (Phi) is 2.54. The molecule has 0 aliphatic heterocycles. The summed E-state index contributed by atoms with van der Waals surface area (Å²) in [4.78, 5) is 9.74. The van der Waals surface area contributed by atoms with E-state index >= 15 is 0 Å². The average Bonchev–Trinajstić information content (AvgIpc) is 1.64. The first-order valence-electron chi connectivity index (χ1n) is 2.15. The lowest BCUT2D eigenvalue weighted by molar-refractivity contribution is -0.628. The van der Waals surface area contributed by atoms with Gasteiger partial charge in [-0.3, -0.25) is 0 Å². The standard InChI is InChI=1S/C3H7ClN2O2/c1-3(2)5(4)6(7)8/h3H,1-2H3. The van der Waals surface area contributed by atoms with Gasteiger partial charge >= 0.3 is 0 Å². The zero-order chi connectivity index (χ0) is 6.73. The van der Waals surface area contributed by atoms with Crippen LogP contribution < -0.4 is 0 Å². The molecule has 4 nitrogen and oxygen atoms in total. The maximum Gasteiger partial charge on any atom is 0.176 e. The normalized spacial score (nSPS) is 9.50. The Bertz CT molecular complexity index is 95.3. The van der Waals surface area contributed by atoms with Crippen molar-refractivity contribution < 1.29 is 5.03 Å². The van der Waals surface area contributed by atoms with Gasteiger partial charge in [0.05, 0.1) is 11.8 Å². The van der Waals surface area contributed by atoms with Crippen LogP contribution in [0.4, 0.5) is 0 Å². The first-order valence-corrected chi connectivity index (χ1v) is 2.49. The third-order valence-corrected chi connectivity index (χ3v) is 1.10. The van der Waals surface area contributed by atoms with Gasteiger partial charge in [0.2, 0.25) is 0 Å². The van der Waals surface area contributed by atoms with E-state index in [1.54, 1.807) is 13.8 Å². The number of hydrazine groups is 1. The molecule has 0 bridgehead atoms. The summed E-state index contributed by atoms with van der Waals surface area (Å²) < 4.78 is 0.528. The van der Waals surface area contributed by atoms with Crippen molar-refractivity contribution in [2.24, 2.45) is 0 Å². The molecule has 0 aromatic heterocycles. The molecule has 0 aromatic rings. The SMILES string of the molecule is CC(C)N(Cl)[N+](=O)[O-]. The van der Waals surface area contributed by atoms with Crippen molar-refractivity contribution in [3.63, 3.8) is 0 Å². The van der Waals surface area contributed by atoms with Crippen LogP contribution in [-0.2, 0) is 0 Å². The Morgan fingerprint density at radius 1 is 1.75 bits per heavy atom. The number of nitrogens with zero attached hydrogens (tertiary/aromatic N) is 2. The highest BCUT2D eigenvalue weighted by atomic mass is 35.5. The van der Waals surface area contributed by atoms with Crippen molar-refractivity contribution in [3.05, 3.63) is 10.1 Å². The average molecular weight is 139 g/mol. The van der Waals surface area contributed by atoms with Gasteiger partial charge in [0.1, 0.15) is 6.04 Å². The van der Waals surface area contributed by atoms with E-state index in [-0.39, 0.29) is 6.04 Å². The van der Waals surface area contributed by atoms with Crippen LogP contribution in [0.5, 0.6) is 0 Å². The summed E-state index contributed by atoms with van der Waals surface area (Å²) >= 11 is 5.08. The van der Waals surface area contributed by atoms with E-state index in [2.05, 4.69) is 0 Å². The van der Waals surface area contributed by atoms with Crippen LogP contribution in [0.2, 0.25) is 0 Å². The molecule has 0 rings (SSSR count). The van der Waals surface area contributed by atoms with Crippen LogP contribution in [0.15, 0.2) is 0 Å². The molecule has 0 spiro atoms. The minimum absolute atomic E-state index is 0.258. The first kappa shape index (κ1) is 7.49. The van der Waals surface area contributed by atoms with E-state index in [0.717, 1.165) is 0 Å². The Balaban J connectivity index is 3.64. The second-order valence-corrected chi connectivity index (χ2v) is 1.97. The topological polar surface area (TPSA) is 46.4 Å². The lowest BCUT2D eigenvalue weighted by Crippen LogP contribution is -2.26. The maximum atomic E-state index is 9.74. The van der Waals surface area contributed by atoms with Gasteiger partial charge in [0.25, 0.3) is 0 Å². The first-order chi connectivity index (χ1) is 3.55. The van der Waals surface area contributed by atoms with Crippen molar-refractivity contribution >= 4 is 11.8 Å². The van der Waals surface area contributed by atoms with Gasteiger partial charge in [-0.15, -0.1) is 0 Å². The van der Waals surface area contributed by atoms with Gasteiger partial charge in [-0.25, -0.2) is 10.1 Å². The molecule has 0 saturated heterocycles. The van der Waals surface area contributed by atoms with Crippen LogP contribution in [0.25, 0.3) is 0 Å². The zero-order valence-electron chi connectivity index (χ0n) is 4.67. The van der Waals surface area contributed by atoms with Crippen LogP contribution in [0, 0.1) is 10.1 Å². The summed E-state index contributed by atoms with van der Waals surface area (Å²) in [6.45, 7) is 3.27. The fourth-order valence-corrected chi connectivity index (χ4v) is 0.189. The van der Waals surface area contributed by atoms with Crippen molar-refractivity contribution in [3.8, 4) is 0 Å². The third-order valence-electron chi connectivity index (χ3n) is 0.582. The van der Waals surface area contributed by atoms with E-state index < -0.39 is 5.03 Å². The Hall–Kier alpha value is -0.510. The molecule has 0 fully saturated rings. The molecule has 0 N–H and O–H groups in total. The van der Waals surface area contributed by atoms with Gasteiger partial charge < -0.3 is 0 Å². The van der Waals surface area contributed by atoms with Gasteiger partial charge in [-0.1, -0.05) is 0 Å². The molecule has 0 amide bonds. The molecule has 0 saturated carbocycles. The molecule has 0 unspecified atom stereocenters. The highest BCUT2D eigenvalue weighted by Gasteiger charge is 2.13. The fraction of sp³-hybridized carbons (Fsp3) is 1.00. The molecule has 5 heteroatoms. The summed E-state index contributed by atoms with van der Waals surface area (Å²) in [5, 5.41) is 9.08. The van der Waals surface area contributed by atoms with E-state index in [0.29, 0.717) is 4.53 Å². The van der Waals surface area contributed by atoms with Gasteiger partial charge in [-0.2, -0.15) is 0 Å². The molecule has 48 valence electrons. The van der Waals surface area contributed by atoms with Gasteiger partial charge in [-0.05, 0) is 18.4 Å². The molecular formula is C3H7ClN2O2. The van der Waals surface area contributed by atoms with Crippen molar-refractivity contribution in [2.75, 3.05) is 0 Å². The number of halogens is 1. The Morgan fingerprint density at radius 2 is 2.12 bits per heavy atom. The molecule has 0 aliphatic carbocycles. The lowest BCUT2D eigenvalue weighted by atomic mass is 10.4. The van der Waals surface area contributed by atoms with E-state index in [1.807, 2.05) is 0 Å². The predicted octanol–water partition coefficient (Wildman–Crippen LogP) is 1.04. The molecule has 0 aromatic carbocycles. The number of hydrogen-bond donors (Lipinski definition) is 0. The maximum absolute atomic E-state index is 9.74.